The maximum atomic E-state index is 5.03. The predicted molar refractivity (Wildman–Crippen MR) is 65.8 cm³/mol. The molecule has 4 heteroatoms. The van der Waals surface area contributed by atoms with Gasteiger partial charge in [0.05, 0.1) is 0 Å². The molecule has 0 aliphatic rings. The number of rotatable bonds is 6. The van der Waals surface area contributed by atoms with E-state index >= 15 is 0 Å². The van der Waals surface area contributed by atoms with Gasteiger partial charge < -0.3 is 9.84 Å². The summed E-state index contributed by atoms with van der Waals surface area (Å²) in [7, 11) is 0. The first-order valence-corrected chi connectivity index (χ1v) is 5.88. The molecule has 0 aliphatic heterocycles. The van der Waals surface area contributed by atoms with Crippen molar-refractivity contribution < 1.29 is 4.52 Å². The molecule has 1 aromatic carbocycles. The molecule has 0 saturated carbocycles. The Morgan fingerprint density at radius 3 is 2.59 bits per heavy atom. The van der Waals surface area contributed by atoms with Crippen LogP contribution in [0.15, 0.2) is 34.9 Å². The Bertz CT molecular complexity index is 439. The number of hydrogen-bond acceptors (Lipinski definition) is 4. The van der Waals surface area contributed by atoms with Crippen LogP contribution in [0.5, 0.6) is 0 Å². The van der Waals surface area contributed by atoms with Crippen LogP contribution in [-0.2, 0) is 12.8 Å². The van der Waals surface area contributed by atoms with Gasteiger partial charge >= 0.3 is 0 Å². The monoisotopic (exact) mass is 231 g/mol. The lowest BCUT2D eigenvalue weighted by Gasteiger charge is -2.02. The van der Waals surface area contributed by atoms with Gasteiger partial charge in [0, 0.05) is 13.0 Å². The van der Waals surface area contributed by atoms with Gasteiger partial charge in [-0.25, -0.2) is 0 Å². The van der Waals surface area contributed by atoms with Crippen molar-refractivity contribution in [3.05, 3.63) is 47.6 Å². The summed E-state index contributed by atoms with van der Waals surface area (Å²) in [4.78, 5) is 4.15. The van der Waals surface area contributed by atoms with E-state index < -0.39 is 0 Å². The molecule has 0 radical (unpaired) electrons. The predicted octanol–water partition coefficient (Wildman–Crippen LogP) is 1.75. The minimum Gasteiger partial charge on any atom is -0.339 e. The molecule has 0 unspecified atom stereocenters. The standard InChI is InChI=1S/C13H17N3O/c1-11-15-13(17-16-11)8-10-14-9-7-12-5-3-2-4-6-12/h2-6,14H,7-10H2,1H3. The summed E-state index contributed by atoms with van der Waals surface area (Å²) in [6.45, 7) is 3.67. The van der Waals surface area contributed by atoms with E-state index in [1.54, 1.807) is 0 Å². The average molecular weight is 231 g/mol. The van der Waals surface area contributed by atoms with Gasteiger partial charge in [0.1, 0.15) is 0 Å². The van der Waals surface area contributed by atoms with Crippen LogP contribution in [0, 0.1) is 6.92 Å². The SMILES string of the molecule is Cc1noc(CCNCCc2ccccc2)n1. The van der Waals surface area contributed by atoms with Crippen LogP contribution in [0.25, 0.3) is 0 Å². The van der Waals surface area contributed by atoms with Crippen molar-refractivity contribution >= 4 is 0 Å². The van der Waals surface area contributed by atoms with Crippen LogP contribution < -0.4 is 5.32 Å². The van der Waals surface area contributed by atoms with Crippen molar-refractivity contribution in [3.63, 3.8) is 0 Å². The topological polar surface area (TPSA) is 51.0 Å². The summed E-state index contributed by atoms with van der Waals surface area (Å²) >= 11 is 0. The Morgan fingerprint density at radius 1 is 1.12 bits per heavy atom. The van der Waals surface area contributed by atoms with Gasteiger partial charge in [-0.15, -0.1) is 0 Å². The zero-order chi connectivity index (χ0) is 11.9. The highest BCUT2D eigenvalue weighted by molar-refractivity contribution is 5.14. The smallest absolute Gasteiger partial charge is 0.227 e. The van der Waals surface area contributed by atoms with Crippen LogP contribution in [0.4, 0.5) is 0 Å². The minimum atomic E-state index is 0.698. The van der Waals surface area contributed by atoms with Gasteiger partial charge in [-0.05, 0) is 25.5 Å². The van der Waals surface area contributed by atoms with E-state index in [1.807, 2.05) is 13.0 Å². The van der Waals surface area contributed by atoms with Crippen molar-refractivity contribution in [2.45, 2.75) is 19.8 Å². The number of aryl methyl sites for hydroxylation is 1. The van der Waals surface area contributed by atoms with Crippen molar-refractivity contribution in [2.75, 3.05) is 13.1 Å². The summed E-state index contributed by atoms with van der Waals surface area (Å²) in [5, 5.41) is 7.11. The highest BCUT2D eigenvalue weighted by atomic mass is 16.5. The number of nitrogens with zero attached hydrogens (tertiary/aromatic N) is 2. The number of aromatic nitrogens is 2. The fourth-order valence-electron chi connectivity index (χ4n) is 1.64. The maximum Gasteiger partial charge on any atom is 0.227 e. The van der Waals surface area contributed by atoms with E-state index in [2.05, 4.69) is 39.7 Å². The quantitative estimate of drug-likeness (QED) is 0.770. The zero-order valence-electron chi connectivity index (χ0n) is 10.0. The summed E-state index contributed by atoms with van der Waals surface area (Å²) in [5.74, 6) is 1.40. The van der Waals surface area contributed by atoms with Crippen LogP contribution in [0.2, 0.25) is 0 Å². The molecule has 0 atom stereocenters. The second-order valence-electron chi connectivity index (χ2n) is 3.97. The minimum absolute atomic E-state index is 0.698. The molecule has 2 rings (SSSR count). The second kappa shape index (κ2) is 6.15. The zero-order valence-corrected chi connectivity index (χ0v) is 10.0. The molecule has 0 fully saturated rings. The van der Waals surface area contributed by atoms with Gasteiger partial charge in [-0.2, -0.15) is 4.98 Å². The molecule has 4 nitrogen and oxygen atoms in total. The van der Waals surface area contributed by atoms with Crippen molar-refractivity contribution in [1.82, 2.24) is 15.5 Å². The van der Waals surface area contributed by atoms with Crippen molar-refractivity contribution in [1.29, 1.82) is 0 Å². The molecule has 0 bridgehead atoms. The Labute approximate surface area is 101 Å². The van der Waals surface area contributed by atoms with Crippen LogP contribution in [0.3, 0.4) is 0 Å². The normalized spacial score (nSPS) is 10.6. The first-order valence-electron chi connectivity index (χ1n) is 5.88. The molecule has 0 spiro atoms. The van der Waals surface area contributed by atoms with Gasteiger partial charge in [0.2, 0.25) is 5.89 Å². The number of benzene rings is 1. The van der Waals surface area contributed by atoms with Crippen LogP contribution >= 0.6 is 0 Å². The van der Waals surface area contributed by atoms with Crippen LogP contribution in [0.1, 0.15) is 17.3 Å². The van der Waals surface area contributed by atoms with E-state index in [9.17, 15) is 0 Å². The summed E-state index contributed by atoms with van der Waals surface area (Å²) in [5.41, 5.74) is 1.36. The summed E-state index contributed by atoms with van der Waals surface area (Å²) < 4.78 is 5.03. The molecular weight excluding hydrogens is 214 g/mol. The van der Waals surface area contributed by atoms with E-state index in [4.69, 9.17) is 4.52 Å². The molecule has 17 heavy (non-hydrogen) atoms. The number of hydrogen-bond donors (Lipinski definition) is 1. The lowest BCUT2D eigenvalue weighted by atomic mass is 10.1. The molecule has 90 valence electrons. The Hall–Kier alpha value is -1.68. The van der Waals surface area contributed by atoms with Gasteiger partial charge in [-0.3, -0.25) is 0 Å². The fraction of sp³-hybridized carbons (Fsp3) is 0.385. The third-order valence-corrected chi connectivity index (χ3v) is 2.52. The van der Waals surface area contributed by atoms with Gasteiger partial charge in [0.15, 0.2) is 5.82 Å². The van der Waals surface area contributed by atoms with Gasteiger partial charge in [-0.1, -0.05) is 35.5 Å². The fourth-order valence-corrected chi connectivity index (χ4v) is 1.64. The molecule has 0 saturated heterocycles. The molecule has 0 aliphatic carbocycles. The van der Waals surface area contributed by atoms with E-state index in [0.29, 0.717) is 11.7 Å². The van der Waals surface area contributed by atoms with Crippen LogP contribution in [-0.4, -0.2) is 23.2 Å². The first-order chi connectivity index (χ1) is 8.34. The summed E-state index contributed by atoms with van der Waals surface area (Å²) in [6.07, 6.45) is 1.83. The molecule has 0 amide bonds. The molecular formula is C13H17N3O. The van der Waals surface area contributed by atoms with E-state index in [1.165, 1.54) is 5.56 Å². The maximum absolute atomic E-state index is 5.03. The van der Waals surface area contributed by atoms with Gasteiger partial charge in [0.25, 0.3) is 0 Å². The average Bonchev–Trinajstić information content (AvgIpc) is 2.76. The summed E-state index contributed by atoms with van der Waals surface area (Å²) in [6, 6.07) is 10.5. The lowest BCUT2D eigenvalue weighted by molar-refractivity contribution is 0.372. The molecule has 1 aromatic heterocycles. The van der Waals surface area contributed by atoms with E-state index in [0.717, 1.165) is 25.9 Å². The highest BCUT2D eigenvalue weighted by Gasteiger charge is 2.01. The van der Waals surface area contributed by atoms with Crippen molar-refractivity contribution in [3.8, 4) is 0 Å². The molecule has 1 heterocycles. The third kappa shape index (κ3) is 4.00. The highest BCUT2D eigenvalue weighted by Crippen LogP contribution is 1.98. The Balaban J connectivity index is 1.61. The number of nitrogens with one attached hydrogen (secondary N) is 1. The first kappa shape index (κ1) is 11.8. The Kier molecular flexibility index (Phi) is 4.27. The van der Waals surface area contributed by atoms with Crippen molar-refractivity contribution in [2.24, 2.45) is 0 Å². The third-order valence-electron chi connectivity index (χ3n) is 2.52. The largest absolute Gasteiger partial charge is 0.339 e. The molecule has 2 aromatic rings. The lowest BCUT2D eigenvalue weighted by Crippen LogP contribution is -2.20. The molecule has 1 N–H and O–H groups in total. The Morgan fingerprint density at radius 2 is 1.88 bits per heavy atom. The van der Waals surface area contributed by atoms with E-state index in [-0.39, 0.29) is 0 Å². The second-order valence-corrected chi connectivity index (χ2v) is 3.97.